The molecule has 1 amide bonds. The molecule has 2 aromatic heterocycles. The standard InChI is InChI=1S/C17H19N3O2/c1-3-14(20-10-6-9-19-20)17(21)18-11-16-12(2)13-7-4-5-8-15(13)22-16/h4-10,14H,3,11H2,1-2H3,(H,18,21). The Bertz CT molecular complexity index is 774. The van der Waals surface area contributed by atoms with Crippen LogP contribution in [0.5, 0.6) is 0 Å². The van der Waals surface area contributed by atoms with Crippen molar-refractivity contribution in [3.63, 3.8) is 0 Å². The molecule has 0 aliphatic heterocycles. The van der Waals surface area contributed by atoms with Crippen molar-refractivity contribution in [2.45, 2.75) is 32.9 Å². The lowest BCUT2D eigenvalue weighted by molar-refractivity contribution is -0.125. The number of carbonyl (C=O) groups excluding carboxylic acids is 1. The Balaban J connectivity index is 1.73. The van der Waals surface area contributed by atoms with E-state index >= 15 is 0 Å². The van der Waals surface area contributed by atoms with Crippen molar-refractivity contribution in [3.8, 4) is 0 Å². The largest absolute Gasteiger partial charge is 0.459 e. The first-order chi connectivity index (χ1) is 10.7. The first-order valence-corrected chi connectivity index (χ1v) is 7.44. The van der Waals surface area contributed by atoms with Crippen molar-refractivity contribution in [1.29, 1.82) is 0 Å². The number of nitrogens with zero attached hydrogens (tertiary/aromatic N) is 2. The number of amides is 1. The number of fused-ring (bicyclic) bond motifs is 1. The van der Waals surface area contributed by atoms with Gasteiger partial charge in [-0.2, -0.15) is 5.10 Å². The summed E-state index contributed by atoms with van der Waals surface area (Å²) in [6, 6.07) is 9.42. The molecule has 1 aromatic carbocycles. The van der Waals surface area contributed by atoms with Gasteiger partial charge in [-0.3, -0.25) is 9.48 Å². The van der Waals surface area contributed by atoms with Gasteiger partial charge in [-0.15, -0.1) is 0 Å². The molecule has 5 nitrogen and oxygen atoms in total. The van der Waals surface area contributed by atoms with E-state index in [1.165, 1.54) is 0 Å². The number of hydrogen-bond acceptors (Lipinski definition) is 3. The molecule has 0 saturated carbocycles. The van der Waals surface area contributed by atoms with E-state index in [2.05, 4.69) is 10.4 Å². The molecule has 1 atom stereocenters. The van der Waals surface area contributed by atoms with Gasteiger partial charge in [-0.25, -0.2) is 0 Å². The predicted octanol–water partition coefficient (Wildman–Crippen LogP) is 3.21. The molecule has 0 aliphatic carbocycles. The fraction of sp³-hybridized carbons (Fsp3) is 0.294. The number of para-hydroxylation sites is 1. The van der Waals surface area contributed by atoms with Crippen molar-refractivity contribution >= 4 is 16.9 Å². The van der Waals surface area contributed by atoms with Crippen molar-refractivity contribution in [2.24, 2.45) is 0 Å². The molecule has 22 heavy (non-hydrogen) atoms. The maximum absolute atomic E-state index is 12.4. The minimum Gasteiger partial charge on any atom is -0.459 e. The summed E-state index contributed by atoms with van der Waals surface area (Å²) in [5.74, 6) is 0.746. The zero-order valence-corrected chi connectivity index (χ0v) is 12.7. The van der Waals surface area contributed by atoms with Crippen LogP contribution in [0, 0.1) is 6.92 Å². The molecular formula is C17H19N3O2. The number of rotatable bonds is 5. The van der Waals surface area contributed by atoms with Crippen LogP contribution in [0.1, 0.15) is 30.7 Å². The summed E-state index contributed by atoms with van der Waals surface area (Å²) in [5, 5.41) is 8.18. The highest BCUT2D eigenvalue weighted by atomic mass is 16.3. The minimum absolute atomic E-state index is 0.0499. The number of hydrogen-bond donors (Lipinski definition) is 1. The number of benzene rings is 1. The van der Waals surface area contributed by atoms with Gasteiger partial charge >= 0.3 is 0 Å². The normalized spacial score (nSPS) is 12.5. The lowest BCUT2D eigenvalue weighted by atomic mass is 10.1. The summed E-state index contributed by atoms with van der Waals surface area (Å²) in [5.41, 5.74) is 1.92. The number of aromatic nitrogens is 2. The van der Waals surface area contributed by atoms with Gasteiger partial charge < -0.3 is 9.73 Å². The molecule has 3 aromatic rings. The second-order valence-corrected chi connectivity index (χ2v) is 5.27. The second kappa shape index (κ2) is 6.05. The van der Waals surface area contributed by atoms with E-state index in [1.807, 2.05) is 44.2 Å². The van der Waals surface area contributed by atoms with E-state index < -0.39 is 0 Å². The number of nitrogens with one attached hydrogen (secondary N) is 1. The molecule has 0 fully saturated rings. The highest BCUT2D eigenvalue weighted by Crippen LogP contribution is 2.24. The fourth-order valence-electron chi connectivity index (χ4n) is 2.64. The molecule has 5 heteroatoms. The van der Waals surface area contributed by atoms with E-state index in [4.69, 9.17) is 4.42 Å². The zero-order chi connectivity index (χ0) is 15.5. The third kappa shape index (κ3) is 2.62. The molecule has 0 bridgehead atoms. The van der Waals surface area contributed by atoms with Crippen molar-refractivity contribution in [1.82, 2.24) is 15.1 Å². The Morgan fingerprint density at radius 2 is 2.18 bits per heavy atom. The Labute approximate surface area is 128 Å². The molecule has 1 N–H and O–H groups in total. The van der Waals surface area contributed by atoms with Crippen LogP contribution < -0.4 is 5.32 Å². The minimum atomic E-state index is -0.292. The second-order valence-electron chi connectivity index (χ2n) is 5.27. The van der Waals surface area contributed by atoms with Gasteiger partial charge in [-0.05, 0) is 25.5 Å². The van der Waals surface area contributed by atoms with Gasteiger partial charge in [-0.1, -0.05) is 25.1 Å². The molecule has 0 aliphatic rings. The maximum Gasteiger partial charge on any atom is 0.245 e. The first-order valence-electron chi connectivity index (χ1n) is 7.44. The fourth-order valence-corrected chi connectivity index (χ4v) is 2.64. The van der Waals surface area contributed by atoms with Crippen LogP contribution in [0.3, 0.4) is 0 Å². The summed E-state index contributed by atoms with van der Waals surface area (Å²) < 4.78 is 7.50. The molecule has 0 spiro atoms. The van der Waals surface area contributed by atoms with Gasteiger partial charge in [0.1, 0.15) is 17.4 Å². The molecule has 0 saturated heterocycles. The summed E-state index contributed by atoms with van der Waals surface area (Å²) in [4.78, 5) is 12.4. The SMILES string of the molecule is CCC(C(=O)NCc1oc2ccccc2c1C)n1cccn1. The highest BCUT2D eigenvalue weighted by Gasteiger charge is 2.19. The predicted molar refractivity (Wildman–Crippen MR) is 84.4 cm³/mol. The van der Waals surface area contributed by atoms with E-state index in [-0.39, 0.29) is 11.9 Å². The Hall–Kier alpha value is -2.56. The Morgan fingerprint density at radius 1 is 1.36 bits per heavy atom. The van der Waals surface area contributed by atoms with Gasteiger partial charge in [0.25, 0.3) is 0 Å². The topological polar surface area (TPSA) is 60.1 Å². The molecule has 3 rings (SSSR count). The van der Waals surface area contributed by atoms with Gasteiger partial charge in [0.2, 0.25) is 5.91 Å². The summed E-state index contributed by atoms with van der Waals surface area (Å²) >= 11 is 0. The number of aryl methyl sites for hydroxylation is 1. The lowest BCUT2D eigenvalue weighted by Gasteiger charge is -2.15. The third-order valence-corrected chi connectivity index (χ3v) is 3.90. The van der Waals surface area contributed by atoms with Crippen LogP contribution in [0.4, 0.5) is 0 Å². The van der Waals surface area contributed by atoms with Crippen LogP contribution >= 0.6 is 0 Å². The lowest BCUT2D eigenvalue weighted by Crippen LogP contribution is -2.32. The van der Waals surface area contributed by atoms with E-state index in [0.717, 1.165) is 22.3 Å². The molecule has 1 unspecified atom stereocenters. The smallest absolute Gasteiger partial charge is 0.245 e. The van der Waals surface area contributed by atoms with Crippen LogP contribution in [-0.4, -0.2) is 15.7 Å². The van der Waals surface area contributed by atoms with E-state index in [0.29, 0.717) is 13.0 Å². The summed E-state index contributed by atoms with van der Waals surface area (Å²) in [6.07, 6.45) is 4.17. The van der Waals surface area contributed by atoms with Crippen molar-refractivity contribution in [2.75, 3.05) is 0 Å². The Kier molecular flexibility index (Phi) is 3.96. The van der Waals surface area contributed by atoms with Crippen LogP contribution in [0.2, 0.25) is 0 Å². The molecule has 0 radical (unpaired) electrons. The van der Waals surface area contributed by atoms with Crippen molar-refractivity contribution in [3.05, 3.63) is 54.0 Å². The molecule has 2 heterocycles. The third-order valence-electron chi connectivity index (χ3n) is 3.90. The average Bonchev–Trinajstić information content (AvgIpc) is 3.15. The van der Waals surface area contributed by atoms with Crippen LogP contribution in [0.25, 0.3) is 11.0 Å². The van der Waals surface area contributed by atoms with Gasteiger partial charge in [0.05, 0.1) is 6.54 Å². The molecule has 114 valence electrons. The number of carbonyl (C=O) groups is 1. The maximum atomic E-state index is 12.4. The van der Waals surface area contributed by atoms with Gasteiger partial charge in [0, 0.05) is 23.3 Å². The molecular weight excluding hydrogens is 278 g/mol. The first kappa shape index (κ1) is 14.4. The Morgan fingerprint density at radius 3 is 2.86 bits per heavy atom. The quantitative estimate of drug-likeness (QED) is 0.786. The monoisotopic (exact) mass is 297 g/mol. The highest BCUT2D eigenvalue weighted by molar-refractivity contribution is 5.83. The van der Waals surface area contributed by atoms with Crippen LogP contribution in [-0.2, 0) is 11.3 Å². The van der Waals surface area contributed by atoms with Crippen molar-refractivity contribution < 1.29 is 9.21 Å². The van der Waals surface area contributed by atoms with Crippen LogP contribution in [0.15, 0.2) is 47.1 Å². The van der Waals surface area contributed by atoms with E-state index in [1.54, 1.807) is 17.1 Å². The van der Waals surface area contributed by atoms with Gasteiger partial charge in [0.15, 0.2) is 0 Å². The van der Waals surface area contributed by atoms with E-state index in [9.17, 15) is 4.79 Å². The zero-order valence-electron chi connectivity index (χ0n) is 12.7. The summed E-state index contributed by atoms with van der Waals surface area (Å²) in [6.45, 7) is 4.37. The average molecular weight is 297 g/mol. The summed E-state index contributed by atoms with van der Waals surface area (Å²) in [7, 11) is 0. The number of furan rings is 1.